The van der Waals surface area contributed by atoms with Gasteiger partial charge in [-0.25, -0.2) is 0 Å². The van der Waals surface area contributed by atoms with Crippen molar-refractivity contribution in [2.75, 3.05) is 47.4 Å². The molecule has 2 N–H and O–H groups in total. The lowest BCUT2D eigenvalue weighted by Crippen LogP contribution is -2.45. The van der Waals surface area contributed by atoms with Crippen LogP contribution in [0.15, 0.2) is 4.99 Å². The minimum absolute atomic E-state index is 0.525. The molecule has 0 aromatic rings. The van der Waals surface area contributed by atoms with Crippen LogP contribution in [0, 0.1) is 5.92 Å². The second-order valence-corrected chi connectivity index (χ2v) is 5.68. The summed E-state index contributed by atoms with van der Waals surface area (Å²) in [7, 11) is 6.07. The zero-order valence-corrected chi connectivity index (χ0v) is 14.2. The van der Waals surface area contributed by atoms with Crippen molar-refractivity contribution in [3.63, 3.8) is 0 Å². The average Bonchev–Trinajstić information content (AvgIpc) is 2.39. The fourth-order valence-corrected chi connectivity index (χ4v) is 1.98. The number of hydrogen-bond donors (Lipinski definition) is 2. The molecule has 1 unspecified atom stereocenters. The van der Waals surface area contributed by atoms with Crippen LogP contribution in [0.5, 0.6) is 0 Å². The van der Waals surface area contributed by atoms with Crippen LogP contribution in [0.3, 0.4) is 0 Å². The van der Waals surface area contributed by atoms with E-state index in [4.69, 9.17) is 4.74 Å². The van der Waals surface area contributed by atoms with Crippen molar-refractivity contribution < 1.29 is 4.74 Å². The summed E-state index contributed by atoms with van der Waals surface area (Å²) in [5.74, 6) is 1.57. The third-order valence-electron chi connectivity index (χ3n) is 3.16. The Morgan fingerprint density at radius 1 is 1.25 bits per heavy atom. The molecule has 0 fully saturated rings. The molecule has 120 valence electrons. The number of rotatable bonds is 10. The molecule has 20 heavy (non-hydrogen) atoms. The second kappa shape index (κ2) is 12.0. The summed E-state index contributed by atoms with van der Waals surface area (Å²) < 4.78 is 5.32. The van der Waals surface area contributed by atoms with Gasteiger partial charge in [0.15, 0.2) is 5.96 Å². The number of hydrogen-bond acceptors (Lipinski definition) is 3. The van der Waals surface area contributed by atoms with E-state index < -0.39 is 0 Å². The molecular formula is C15H34N4O. The van der Waals surface area contributed by atoms with Crippen LogP contribution in [0.1, 0.15) is 33.6 Å². The first-order chi connectivity index (χ1) is 9.51. The van der Waals surface area contributed by atoms with E-state index >= 15 is 0 Å². The maximum absolute atomic E-state index is 5.32. The smallest absolute Gasteiger partial charge is 0.191 e. The summed E-state index contributed by atoms with van der Waals surface area (Å²) in [6.07, 6.45) is 2.18. The lowest BCUT2D eigenvalue weighted by atomic mass is 10.0. The molecule has 0 aliphatic carbocycles. The van der Waals surface area contributed by atoms with Crippen LogP contribution in [0.4, 0.5) is 0 Å². The Morgan fingerprint density at radius 3 is 2.45 bits per heavy atom. The number of aliphatic imine (C=N–C) groups is 1. The molecule has 0 rings (SSSR count). The van der Waals surface area contributed by atoms with Gasteiger partial charge in [-0.2, -0.15) is 0 Å². The molecular weight excluding hydrogens is 252 g/mol. The average molecular weight is 286 g/mol. The Balaban J connectivity index is 3.97. The minimum atomic E-state index is 0.525. The SMILES string of the molecule is CCOCCCNC(=NC)NCC(CC(C)C)N(C)C. The molecule has 0 amide bonds. The third kappa shape index (κ3) is 10.0. The predicted octanol–water partition coefficient (Wildman–Crippen LogP) is 1.55. The summed E-state index contributed by atoms with van der Waals surface area (Å²) in [5, 5.41) is 6.72. The quantitative estimate of drug-likeness (QED) is 0.363. The van der Waals surface area contributed by atoms with Gasteiger partial charge in [-0.15, -0.1) is 0 Å². The van der Waals surface area contributed by atoms with Crippen molar-refractivity contribution in [1.82, 2.24) is 15.5 Å². The van der Waals surface area contributed by atoms with E-state index in [1.54, 1.807) is 0 Å². The molecule has 0 aromatic heterocycles. The van der Waals surface area contributed by atoms with Gasteiger partial charge in [-0.05, 0) is 39.8 Å². The Bertz CT molecular complexity index is 254. The summed E-state index contributed by atoms with van der Waals surface area (Å²) in [5.41, 5.74) is 0. The van der Waals surface area contributed by atoms with Crippen LogP contribution >= 0.6 is 0 Å². The van der Waals surface area contributed by atoms with E-state index in [-0.39, 0.29) is 0 Å². The van der Waals surface area contributed by atoms with Gasteiger partial charge in [0.05, 0.1) is 0 Å². The van der Waals surface area contributed by atoms with Crippen molar-refractivity contribution in [3.05, 3.63) is 0 Å². The van der Waals surface area contributed by atoms with Crippen molar-refractivity contribution in [1.29, 1.82) is 0 Å². The van der Waals surface area contributed by atoms with Gasteiger partial charge in [-0.3, -0.25) is 4.99 Å². The van der Waals surface area contributed by atoms with Gasteiger partial charge in [0.2, 0.25) is 0 Å². The summed E-state index contributed by atoms with van der Waals surface area (Å²) in [4.78, 5) is 6.52. The molecule has 0 saturated carbocycles. The van der Waals surface area contributed by atoms with Crippen LogP contribution in [0.2, 0.25) is 0 Å². The van der Waals surface area contributed by atoms with E-state index in [1.165, 1.54) is 6.42 Å². The molecule has 0 aliphatic heterocycles. The highest BCUT2D eigenvalue weighted by molar-refractivity contribution is 5.79. The fourth-order valence-electron chi connectivity index (χ4n) is 1.98. The molecule has 0 heterocycles. The van der Waals surface area contributed by atoms with E-state index in [1.807, 2.05) is 14.0 Å². The summed E-state index contributed by atoms with van der Waals surface area (Å²) in [6.45, 7) is 9.92. The summed E-state index contributed by atoms with van der Waals surface area (Å²) >= 11 is 0. The maximum atomic E-state index is 5.32. The standard InChI is InChI=1S/C15H34N4O/c1-7-20-10-8-9-17-15(16-4)18-12-14(19(5)6)11-13(2)3/h13-14H,7-12H2,1-6H3,(H2,16,17,18). The molecule has 0 aromatic carbocycles. The van der Waals surface area contributed by atoms with Gasteiger partial charge >= 0.3 is 0 Å². The molecule has 0 radical (unpaired) electrons. The van der Waals surface area contributed by atoms with E-state index in [9.17, 15) is 0 Å². The largest absolute Gasteiger partial charge is 0.382 e. The van der Waals surface area contributed by atoms with Gasteiger partial charge in [0.1, 0.15) is 0 Å². The monoisotopic (exact) mass is 286 g/mol. The first-order valence-corrected chi connectivity index (χ1v) is 7.69. The summed E-state index contributed by atoms with van der Waals surface area (Å²) in [6, 6.07) is 0.525. The zero-order chi connectivity index (χ0) is 15.4. The van der Waals surface area contributed by atoms with Crippen molar-refractivity contribution in [2.45, 2.75) is 39.7 Å². The maximum Gasteiger partial charge on any atom is 0.191 e. The van der Waals surface area contributed by atoms with Crippen LogP contribution in [-0.4, -0.2) is 64.3 Å². The van der Waals surface area contributed by atoms with E-state index in [2.05, 4.69) is 48.5 Å². The molecule has 0 spiro atoms. The predicted molar refractivity (Wildman–Crippen MR) is 87.4 cm³/mol. The molecule has 5 heteroatoms. The number of likely N-dealkylation sites (N-methyl/N-ethyl adjacent to an activating group) is 1. The third-order valence-corrected chi connectivity index (χ3v) is 3.16. The van der Waals surface area contributed by atoms with E-state index in [0.717, 1.165) is 38.7 Å². The Labute approximate surface area is 125 Å². The van der Waals surface area contributed by atoms with Crippen molar-refractivity contribution in [3.8, 4) is 0 Å². The van der Waals surface area contributed by atoms with Crippen LogP contribution in [0.25, 0.3) is 0 Å². The van der Waals surface area contributed by atoms with Crippen LogP contribution in [-0.2, 0) is 4.74 Å². The number of nitrogens with one attached hydrogen (secondary N) is 2. The first-order valence-electron chi connectivity index (χ1n) is 7.69. The highest BCUT2D eigenvalue weighted by atomic mass is 16.5. The number of ether oxygens (including phenoxy) is 1. The molecule has 0 saturated heterocycles. The zero-order valence-electron chi connectivity index (χ0n) is 14.2. The highest BCUT2D eigenvalue weighted by Crippen LogP contribution is 2.07. The Kier molecular flexibility index (Phi) is 11.5. The molecule has 0 aliphatic rings. The lowest BCUT2D eigenvalue weighted by Gasteiger charge is -2.27. The topological polar surface area (TPSA) is 48.9 Å². The first kappa shape index (κ1) is 19.2. The van der Waals surface area contributed by atoms with Crippen molar-refractivity contribution >= 4 is 5.96 Å². The number of guanidine groups is 1. The fraction of sp³-hybridized carbons (Fsp3) is 0.933. The molecule has 0 bridgehead atoms. The van der Waals surface area contributed by atoms with Crippen LogP contribution < -0.4 is 10.6 Å². The highest BCUT2D eigenvalue weighted by Gasteiger charge is 2.13. The Hall–Kier alpha value is -0.810. The van der Waals surface area contributed by atoms with Gasteiger partial charge in [0.25, 0.3) is 0 Å². The number of nitrogens with zero attached hydrogens (tertiary/aromatic N) is 2. The minimum Gasteiger partial charge on any atom is -0.382 e. The van der Waals surface area contributed by atoms with Crippen molar-refractivity contribution in [2.24, 2.45) is 10.9 Å². The molecule has 5 nitrogen and oxygen atoms in total. The van der Waals surface area contributed by atoms with E-state index in [0.29, 0.717) is 12.0 Å². The second-order valence-electron chi connectivity index (χ2n) is 5.68. The molecule has 1 atom stereocenters. The lowest BCUT2D eigenvalue weighted by molar-refractivity contribution is 0.145. The van der Waals surface area contributed by atoms with Gasteiger partial charge < -0.3 is 20.3 Å². The Morgan fingerprint density at radius 2 is 1.95 bits per heavy atom. The normalized spacial score (nSPS) is 13.9. The van der Waals surface area contributed by atoms with Gasteiger partial charge in [-0.1, -0.05) is 13.8 Å². The van der Waals surface area contributed by atoms with Gasteiger partial charge in [0, 0.05) is 39.4 Å².